The van der Waals surface area contributed by atoms with Crippen LogP contribution in [0, 0.1) is 10.1 Å². The molecule has 1 aliphatic rings. The average Bonchev–Trinajstić information content (AvgIpc) is 3.08. The van der Waals surface area contributed by atoms with Crippen molar-refractivity contribution in [2.24, 2.45) is 0 Å². The van der Waals surface area contributed by atoms with Crippen molar-refractivity contribution in [3.05, 3.63) is 81.9 Å². The van der Waals surface area contributed by atoms with Crippen molar-refractivity contribution in [3.63, 3.8) is 0 Å². The molecule has 5 heteroatoms. The molecular formula is C18H16N2O3. The number of nitro benzene ring substituents is 1. The van der Waals surface area contributed by atoms with Gasteiger partial charge in [0, 0.05) is 23.2 Å². The van der Waals surface area contributed by atoms with E-state index in [2.05, 4.69) is 17.5 Å². The zero-order valence-corrected chi connectivity index (χ0v) is 12.4. The number of benzene rings is 2. The molecule has 0 fully saturated rings. The van der Waals surface area contributed by atoms with Crippen LogP contribution in [-0.2, 0) is 0 Å². The molecule has 0 saturated carbocycles. The predicted molar refractivity (Wildman–Crippen MR) is 88.8 cm³/mol. The number of carbonyl (C=O) groups is 1. The lowest BCUT2D eigenvalue weighted by Gasteiger charge is -2.14. The van der Waals surface area contributed by atoms with E-state index in [1.807, 2.05) is 6.07 Å². The first kappa shape index (κ1) is 15.0. The van der Waals surface area contributed by atoms with Gasteiger partial charge in [-0.3, -0.25) is 14.9 Å². The highest BCUT2D eigenvalue weighted by Gasteiger charge is 2.20. The fourth-order valence-electron chi connectivity index (χ4n) is 2.66. The smallest absolute Gasteiger partial charge is 0.293 e. The van der Waals surface area contributed by atoms with Gasteiger partial charge in [-0.1, -0.05) is 42.5 Å². The number of hydrogen-bond acceptors (Lipinski definition) is 4. The molecule has 0 bridgehead atoms. The summed E-state index contributed by atoms with van der Waals surface area (Å²) < 4.78 is 0. The van der Waals surface area contributed by atoms with Gasteiger partial charge in [-0.2, -0.15) is 0 Å². The van der Waals surface area contributed by atoms with Crippen LogP contribution < -0.4 is 5.32 Å². The van der Waals surface area contributed by atoms with Crippen LogP contribution in [-0.4, -0.2) is 16.7 Å². The van der Waals surface area contributed by atoms with Gasteiger partial charge in [-0.15, -0.1) is 0 Å². The Morgan fingerprint density at radius 3 is 2.39 bits per heavy atom. The highest BCUT2D eigenvalue weighted by Crippen LogP contribution is 2.29. The Kier molecular flexibility index (Phi) is 4.19. The van der Waals surface area contributed by atoms with Gasteiger partial charge in [0.25, 0.3) is 5.69 Å². The second-order valence-corrected chi connectivity index (χ2v) is 5.47. The Morgan fingerprint density at radius 2 is 1.74 bits per heavy atom. The minimum Gasteiger partial charge on any atom is -0.376 e. The number of anilines is 1. The molecule has 2 aromatic carbocycles. The van der Waals surface area contributed by atoms with Crippen LogP contribution in [0.25, 0.3) is 0 Å². The first-order valence-corrected chi connectivity index (χ1v) is 7.45. The number of nitrogens with one attached hydrogen (secondary N) is 1. The van der Waals surface area contributed by atoms with E-state index in [1.165, 1.54) is 6.07 Å². The van der Waals surface area contributed by atoms with Crippen molar-refractivity contribution in [2.75, 3.05) is 5.32 Å². The quantitative estimate of drug-likeness (QED) is 0.393. The fraction of sp³-hybridized carbons (Fsp3) is 0.167. The zero-order chi connectivity index (χ0) is 16.2. The largest absolute Gasteiger partial charge is 0.376 e. The predicted octanol–water partition coefficient (Wildman–Crippen LogP) is 3.96. The number of rotatable bonds is 5. The second-order valence-electron chi connectivity index (χ2n) is 5.47. The molecule has 23 heavy (non-hydrogen) atoms. The number of hydrogen-bond donors (Lipinski definition) is 1. The van der Waals surface area contributed by atoms with Gasteiger partial charge in [-0.25, -0.2) is 0 Å². The topological polar surface area (TPSA) is 72.2 Å². The van der Waals surface area contributed by atoms with Gasteiger partial charge in [0.15, 0.2) is 5.78 Å². The molecule has 1 aliphatic carbocycles. The summed E-state index contributed by atoms with van der Waals surface area (Å²) in [4.78, 5) is 23.3. The number of ketones is 1. The van der Waals surface area contributed by atoms with E-state index in [4.69, 9.17) is 0 Å². The molecule has 2 aromatic rings. The van der Waals surface area contributed by atoms with E-state index >= 15 is 0 Å². The molecule has 0 amide bonds. The summed E-state index contributed by atoms with van der Waals surface area (Å²) in [6, 6.07) is 13.5. The van der Waals surface area contributed by atoms with E-state index < -0.39 is 4.92 Å². The highest BCUT2D eigenvalue weighted by atomic mass is 16.6. The van der Waals surface area contributed by atoms with Crippen LogP contribution >= 0.6 is 0 Å². The normalized spacial score (nSPS) is 13.9. The van der Waals surface area contributed by atoms with Gasteiger partial charge in [0.1, 0.15) is 5.69 Å². The second kappa shape index (κ2) is 6.44. The summed E-state index contributed by atoms with van der Waals surface area (Å²) in [5.74, 6) is -0.220. The van der Waals surface area contributed by atoms with Crippen molar-refractivity contribution in [1.29, 1.82) is 0 Å². The Bertz CT molecular complexity index is 761. The van der Waals surface area contributed by atoms with Crippen LogP contribution in [0.1, 0.15) is 28.8 Å². The molecule has 0 saturated heterocycles. The molecule has 1 N–H and O–H groups in total. The Hall–Kier alpha value is -2.95. The third-order valence-electron chi connectivity index (χ3n) is 3.86. The van der Waals surface area contributed by atoms with Crippen LogP contribution in [0.2, 0.25) is 0 Å². The summed E-state index contributed by atoms with van der Waals surface area (Å²) in [6.45, 7) is 0. The molecule has 3 rings (SSSR count). The Balaban J connectivity index is 1.90. The average molecular weight is 308 g/mol. The van der Waals surface area contributed by atoms with Gasteiger partial charge in [0.05, 0.1) is 4.92 Å². The number of nitro groups is 1. The van der Waals surface area contributed by atoms with Crippen molar-refractivity contribution < 1.29 is 9.72 Å². The summed E-state index contributed by atoms with van der Waals surface area (Å²) in [5.41, 5.74) is 1.22. The Morgan fingerprint density at radius 1 is 1.04 bits per heavy atom. The van der Waals surface area contributed by atoms with E-state index in [1.54, 1.807) is 36.4 Å². The van der Waals surface area contributed by atoms with Crippen molar-refractivity contribution >= 4 is 17.2 Å². The summed E-state index contributed by atoms with van der Waals surface area (Å²) >= 11 is 0. The molecule has 5 nitrogen and oxygen atoms in total. The Labute approximate surface area is 133 Å². The third-order valence-corrected chi connectivity index (χ3v) is 3.86. The molecule has 0 radical (unpaired) electrons. The van der Waals surface area contributed by atoms with Gasteiger partial charge in [-0.05, 0) is 25.0 Å². The summed E-state index contributed by atoms with van der Waals surface area (Å²) in [5, 5.41) is 14.5. The van der Waals surface area contributed by atoms with Crippen LogP contribution in [0.5, 0.6) is 0 Å². The van der Waals surface area contributed by atoms with Gasteiger partial charge in [0.2, 0.25) is 0 Å². The fourth-order valence-corrected chi connectivity index (χ4v) is 2.66. The molecule has 116 valence electrons. The van der Waals surface area contributed by atoms with Gasteiger partial charge >= 0.3 is 0 Å². The number of carbonyl (C=O) groups excluding carboxylic acids is 1. The van der Waals surface area contributed by atoms with Crippen LogP contribution in [0.4, 0.5) is 11.4 Å². The zero-order valence-electron chi connectivity index (χ0n) is 12.4. The summed E-state index contributed by atoms with van der Waals surface area (Å²) in [6.07, 6.45) is 5.80. The van der Waals surface area contributed by atoms with Crippen LogP contribution in [0.3, 0.4) is 0 Å². The standard InChI is InChI=1S/C18H16N2O3/c21-18(13-6-2-1-3-7-13)14-10-11-16(17(12-14)20(22)23)19-15-8-4-5-9-15/h1-7,10-12,15,19H,8-9H2. The van der Waals surface area contributed by atoms with Crippen molar-refractivity contribution in [3.8, 4) is 0 Å². The van der Waals surface area contributed by atoms with Crippen molar-refractivity contribution in [1.82, 2.24) is 0 Å². The molecule has 0 atom stereocenters. The van der Waals surface area contributed by atoms with Crippen LogP contribution in [0.15, 0.2) is 60.7 Å². The lowest BCUT2D eigenvalue weighted by molar-refractivity contribution is -0.384. The van der Waals surface area contributed by atoms with E-state index in [0.29, 0.717) is 16.8 Å². The minimum atomic E-state index is -0.452. The van der Waals surface area contributed by atoms with Gasteiger partial charge < -0.3 is 5.32 Å². The number of nitrogens with zero attached hydrogens (tertiary/aromatic N) is 1. The lowest BCUT2D eigenvalue weighted by atomic mass is 10.0. The van der Waals surface area contributed by atoms with E-state index in [9.17, 15) is 14.9 Å². The monoisotopic (exact) mass is 308 g/mol. The summed E-state index contributed by atoms with van der Waals surface area (Å²) in [7, 11) is 0. The third kappa shape index (κ3) is 3.29. The first-order chi connectivity index (χ1) is 11.1. The molecular weight excluding hydrogens is 292 g/mol. The molecule has 0 aromatic heterocycles. The molecule has 0 heterocycles. The maximum Gasteiger partial charge on any atom is 0.293 e. The maximum absolute atomic E-state index is 12.4. The molecule has 0 spiro atoms. The maximum atomic E-state index is 12.4. The molecule has 0 unspecified atom stereocenters. The molecule has 0 aliphatic heterocycles. The highest BCUT2D eigenvalue weighted by molar-refractivity contribution is 6.09. The van der Waals surface area contributed by atoms with E-state index in [-0.39, 0.29) is 17.5 Å². The lowest BCUT2D eigenvalue weighted by Crippen LogP contribution is -2.16. The first-order valence-electron chi connectivity index (χ1n) is 7.45. The van der Waals surface area contributed by atoms with E-state index in [0.717, 1.165) is 12.8 Å². The van der Waals surface area contributed by atoms with Crippen molar-refractivity contribution in [2.45, 2.75) is 18.9 Å². The minimum absolute atomic E-state index is 0.0707. The SMILES string of the molecule is O=C(c1ccccc1)c1ccc(NC2CC=CC2)c([N+](=O)[O-])c1.